The topological polar surface area (TPSA) is 55.6 Å². The van der Waals surface area contributed by atoms with E-state index < -0.39 is 0 Å². The van der Waals surface area contributed by atoms with E-state index in [9.17, 15) is 4.39 Å². The molecule has 0 bridgehead atoms. The van der Waals surface area contributed by atoms with Crippen molar-refractivity contribution in [3.63, 3.8) is 0 Å². The predicted octanol–water partition coefficient (Wildman–Crippen LogP) is 3.43. The molecule has 0 spiro atoms. The first-order chi connectivity index (χ1) is 11.3. The van der Waals surface area contributed by atoms with Crippen LogP contribution in [-0.2, 0) is 0 Å². The number of hydrogen-bond donors (Lipinski definition) is 1. The van der Waals surface area contributed by atoms with Crippen LogP contribution in [0.2, 0.25) is 0 Å². The zero-order valence-electron chi connectivity index (χ0n) is 12.5. The van der Waals surface area contributed by atoms with Crippen molar-refractivity contribution in [3.05, 3.63) is 54.7 Å². The number of nitrogens with zero attached hydrogens (tertiary/aromatic N) is 4. The fourth-order valence-corrected chi connectivity index (χ4v) is 2.51. The van der Waals surface area contributed by atoms with Gasteiger partial charge in [0.1, 0.15) is 5.82 Å². The lowest BCUT2D eigenvalue weighted by atomic mass is 9.93. The summed E-state index contributed by atoms with van der Waals surface area (Å²) in [5, 5.41) is 7.67. The fraction of sp³-hybridized carbons (Fsp3) is 0.235. The lowest BCUT2D eigenvalue weighted by Gasteiger charge is -2.26. The molecular weight excluding hydrogens is 293 g/mol. The zero-order valence-corrected chi connectivity index (χ0v) is 12.5. The van der Waals surface area contributed by atoms with Crippen LogP contribution in [0.4, 0.5) is 10.3 Å². The van der Waals surface area contributed by atoms with Crippen LogP contribution in [0.3, 0.4) is 0 Å². The van der Waals surface area contributed by atoms with Crippen LogP contribution in [-0.4, -0.2) is 25.8 Å². The molecule has 6 heteroatoms. The van der Waals surface area contributed by atoms with Gasteiger partial charge in [0.25, 0.3) is 0 Å². The Labute approximate surface area is 133 Å². The maximum absolute atomic E-state index is 13.0. The molecule has 1 N–H and O–H groups in total. The number of nitrogens with one attached hydrogen (secondary N) is 1. The van der Waals surface area contributed by atoms with Gasteiger partial charge in [-0.25, -0.2) is 19.0 Å². The van der Waals surface area contributed by atoms with Gasteiger partial charge in [-0.2, -0.15) is 5.10 Å². The number of halogens is 1. The van der Waals surface area contributed by atoms with E-state index in [0.29, 0.717) is 12.0 Å². The highest BCUT2D eigenvalue weighted by Crippen LogP contribution is 2.23. The van der Waals surface area contributed by atoms with Crippen LogP contribution in [0.1, 0.15) is 19.3 Å². The van der Waals surface area contributed by atoms with E-state index in [0.717, 1.165) is 16.9 Å². The molecule has 1 fully saturated rings. The number of hydrogen-bond acceptors (Lipinski definition) is 4. The maximum Gasteiger partial charge on any atom is 0.223 e. The van der Waals surface area contributed by atoms with Gasteiger partial charge in [-0.1, -0.05) is 0 Å². The van der Waals surface area contributed by atoms with Crippen LogP contribution in [0, 0.1) is 5.82 Å². The Hall–Kier alpha value is -2.76. The molecule has 1 aliphatic carbocycles. The predicted molar refractivity (Wildman–Crippen MR) is 85.8 cm³/mol. The molecule has 2 heterocycles. The summed E-state index contributed by atoms with van der Waals surface area (Å²) in [5.41, 5.74) is 2.52. The maximum atomic E-state index is 13.0. The van der Waals surface area contributed by atoms with Gasteiger partial charge in [0.15, 0.2) is 0 Å². The molecule has 5 nitrogen and oxygen atoms in total. The molecular formula is C17H16FN5. The molecule has 4 rings (SSSR count). The molecule has 0 amide bonds. The molecule has 0 unspecified atom stereocenters. The van der Waals surface area contributed by atoms with Crippen molar-refractivity contribution in [3.8, 4) is 16.9 Å². The molecule has 0 aliphatic heterocycles. The molecule has 116 valence electrons. The summed E-state index contributed by atoms with van der Waals surface area (Å²) in [5.74, 6) is 0.394. The van der Waals surface area contributed by atoms with Gasteiger partial charge in [0.2, 0.25) is 5.95 Å². The summed E-state index contributed by atoms with van der Waals surface area (Å²) in [7, 11) is 0. The second-order valence-corrected chi connectivity index (χ2v) is 5.69. The molecule has 23 heavy (non-hydrogen) atoms. The summed E-state index contributed by atoms with van der Waals surface area (Å²) in [6.45, 7) is 0. The standard InChI is InChI=1S/C17H16FN5/c18-13-4-6-15(7-5-13)23-11-12(10-20-23)16-8-9-19-17(22-16)21-14-2-1-3-14/h4-11,14H,1-3H2,(H,19,21,22). The Balaban J connectivity index is 1.58. The Morgan fingerprint density at radius 1 is 1.13 bits per heavy atom. The van der Waals surface area contributed by atoms with E-state index in [1.54, 1.807) is 29.2 Å². The number of rotatable bonds is 4. The van der Waals surface area contributed by atoms with Crippen molar-refractivity contribution in [2.75, 3.05) is 5.32 Å². The molecule has 0 radical (unpaired) electrons. The summed E-state index contributed by atoms with van der Waals surface area (Å²) in [6.07, 6.45) is 8.99. The van der Waals surface area contributed by atoms with Crippen molar-refractivity contribution in [2.45, 2.75) is 25.3 Å². The third-order valence-corrected chi connectivity index (χ3v) is 4.06. The average Bonchev–Trinajstić information content (AvgIpc) is 3.02. The Morgan fingerprint density at radius 2 is 1.96 bits per heavy atom. The van der Waals surface area contributed by atoms with Crippen molar-refractivity contribution >= 4 is 5.95 Å². The Kier molecular flexibility index (Phi) is 3.49. The lowest BCUT2D eigenvalue weighted by molar-refractivity contribution is 0.443. The van der Waals surface area contributed by atoms with Gasteiger partial charge in [-0.15, -0.1) is 0 Å². The highest BCUT2D eigenvalue weighted by molar-refractivity contribution is 5.58. The van der Waals surface area contributed by atoms with Crippen molar-refractivity contribution in [1.29, 1.82) is 0 Å². The summed E-state index contributed by atoms with van der Waals surface area (Å²) >= 11 is 0. The first-order valence-corrected chi connectivity index (χ1v) is 7.68. The smallest absolute Gasteiger partial charge is 0.223 e. The first-order valence-electron chi connectivity index (χ1n) is 7.68. The molecule has 3 aromatic rings. The van der Waals surface area contributed by atoms with Crippen LogP contribution in [0.15, 0.2) is 48.9 Å². The van der Waals surface area contributed by atoms with E-state index >= 15 is 0 Å². The number of aromatic nitrogens is 4. The Bertz CT molecular complexity index is 808. The third kappa shape index (κ3) is 2.92. The van der Waals surface area contributed by atoms with E-state index in [2.05, 4.69) is 20.4 Å². The molecule has 2 aromatic heterocycles. The summed E-state index contributed by atoms with van der Waals surface area (Å²) in [6, 6.07) is 8.57. The minimum atomic E-state index is -0.261. The molecule has 1 saturated carbocycles. The zero-order chi connectivity index (χ0) is 15.6. The fourth-order valence-electron chi connectivity index (χ4n) is 2.51. The highest BCUT2D eigenvalue weighted by Gasteiger charge is 2.18. The van der Waals surface area contributed by atoms with Crippen LogP contribution in [0.25, 0.3) is 16.9 Å². The minimum absolute atomic E-state index is 0.261. The molecule has 1 aromatic carbocycles. The Morgan fingerprint density at radius 3 is 2.70 bits per heavy atom. The highest BCUT2D eigenvalue weighted by atomic mass is 19.1. The van der Waals surface area contributed by atoms with Gasteiger partial charge < -0.3 is 5.32 Å². The molecule has 1 aliphatic rings. The van der Waals surface area contributed by atoms with Crippen molar-refractivity contribution < 1.29 is 4.39 Å². The number of anilines is 1. The second kappa shape index (κ2) is 5.79. The molecule has 0 saturated heterocycles. The van der Waals surface area contributed by atoms with Crippen LogP contribution < -0.4 is 5.32 Å². The lowest BCUT2D eigenvalue weighted by Crippen LogP contribution is -2.27. The van der Waals surface area contributed by atoms with Gasteiger partial charge in [0, 0.05) is 24.0 Å². The first kappa shape index (κ1) is 13.9. The van der Waals surface area contributed by atoms with Crippen LogP contribution >= 0.6 is 0 Å². The van der Waals surface area contributed by atoms with Gasteiger partial charge in [0.05, 0.1) is 17.6 Å². The molecule has 0 atom stereocenters. The van der Waals surface area contributed by atoms with Gasteiger partial charge >= 0.3 is 0 Å². The SMILES string of the molecule is Fc1ccc(-n2cc(-c3ccnc(NC4CCC4)n3)cn2)cc1. The minimum Gasteiger partial charge on any atom is -0.351 e. The normalized spacial score (nSPS) is 14.5. The van der Waals surface area contributed by atoms with Crippen molar-refractivity contribution in [1.82, 2.24) is 19.7 Å². The monoisotopic (exact) mass is 309 g/mol. The summed E-state index contributed by atoms with van der Waals surface area (Å²) in [4.78, 5) is 8.82. The second-order valence-electron chi connectivity index (χ2n) is 5.69. The van der Waals surface area contributed by atoms with E-state index in [4.69, 9.17) is 0 Å². The van der Waals surface area contributed by atoms with Gasteiger partial charge in [-0.3, -0.25) is 0 Å². The summed E-state index contributed by atoms with van der Waals surface area (Å²) < 4.78 is 14.7. The van der Waals surface area contributed by atoms with E-state index in [-0.39, 0.29) is 5.82 Å². The van der Waals surface area contributed by atoms with Gasteiger partial charge in [-0.05, 0) is 49.6 Å². The van der Waals surface area contributed by atoms with Crippen molar-refractivity contribution in [2.24, 2.45) is 0 Å². The largest absolute Gasteiger partial charge is 0.351 e. The van der Waals surface area contributed by atoms with Crippen LogP contribution in [0.5, 0.6) is 0 Å². The number of benzene rings is 1. The average molecular weight is 309 g/mol. The van der Waals surface area contributed by atoms with E-state index in [1.807, 2.05) is 12.3 Å². The third-order valence-electron chi connectivity index (χ3n) is 4.06. The van der Waals surface area contributed by atoms with E-state index in [1.165, 1.54) is 31.4 Å². The quantitative estimate of drug-likeness (QED) is 0.802.